The molecule has 4 heteroatoms. The highest BCUT2D eigenvalue weighted by molar-refractivity contribution is 6.01. The van der Waals surface area contributed by atoms with Crippen molar-refractivity contribution >= 4 is 23.1 Å². The first-order valence-electron chi connectivity index (χ1n) is 6.22. The summed E-state index contributed by atoms with van der Waals surface area (Å²) in [5.41, 5.74) is 3.07. The van der Waals surface area contributed by atoms with Gasteiger partial charge >= 0.3 is 0 Å². The standard InChI is InChI=1S/C14H18N2O2/c1-10(17)4-3-7-16-13-6-5-12(15-2)8-11(13)9-14(16)18/h5-6,8,15H,3-4,7,9H2,1-2H3. The molecule has 0 saturated heterocycles. The summed E-state index contributed by atoms with van der Waals surface area (Å²) in [6.45, 7) is 2.21. The molecular weight excluding hydrogens is 228 g/mol. The van der Waals surface area contributed by atoms with Gasteiger partial charge in [0.1, 0.15) is 5.78 Å². The highest BCUT2D eigenvalue weighted by atomic mass is 16.2. The lowest BCUT2D eigenvalue weighted by atomic mass is 10.1. The van der Waals surface area contributed by atoms with Gasteiger partial charge in [-0.2, -0.15) is 0 Å². The van der Waals surface area contributed by atoms with Crippen molar-refractivity contribution in [1.29, 1.82) is 0 Å². The van der Waals surface area contributed by atoms with Crippen LogP contribution in [0, 0.1) is 0 Å². The Hall–Kier alpha value is -1.84. The second kappa shape index (κ2) is 5.21. The number of nitrogens with one attached hydrogen (secondary N) is 1. The first kappa shape index (κ1) is 12.6. The Labute approximate surface area is 107 Å². The van der Waals surface area contributed by atoms with E-state index in [2.05, 4.69) is 5.32 Å². The summed E-state index contributed by atoms with van der Waals surface area (Å²) in [6, 6.07) is 5.95. The number of hydrogen-bond acceptors (Lipinski definition) is 3. The van der Waals surface area contributed by atoms with Crippen LogP contribution in [0.3, 0.4) is 0 Å². The van der Waals surface area contributed by atoms with Crippen molar-refractivity contribution in [3.05, 3.63) is 23.8 Å². The highest BCUT2D eigenvalue weighted by Crippen LogP contribution is 2.31. The van der Waals surface area contributed by atoms with E-state index in [9.17, 15) is 9.59 Å². The number of nitrogens with zero attached hydrogens (tertiary/aromatic N) is 1. The molecule has 0 aliphatic carbocycles. The minimum Gasteiger partial charge on any atom is -0.388 e. The molecule has 0 unspecified atom stereocenters. The molecule has 0 aromatic heterocycles. The van der Waals surface area contributed by atoms with Gasteiger partial charge in [-0.3, -0.25) is 4.79 Å². The molecular formula is C14H18N2O2. The van der Waals surface area contributed by atoms with Gasteiger partial charge in [-0.25, -0.2) is 0 Å². The summed E-state index contributed by atoms with van der Waals surface area (Å²) >= 11 is 0. The van der Waals surface area contributed by atoms with Crippen LogP contribution in [-0.2, 0) is 16.0 Å². The molecule has 1 aromatic rings. The largest absolute Gasteiger partial charge is 0.388 e. The van der Waals surface area contributed by atoms with Crippen LogP contribution < -0.4 is 10.2 Å². The number of rotatable bonds is 5. The van der Waals surface area contributed by atoms with E-state index in [4.69, 9.17) is 0 Å². The molecule has 2 rings (SSSR count). The van der Waals surface area contributed by atoms with Gasteiger partial charge in [0.2, 0.25) is 5.91 Å². The quantitative estimate of drug-likeness (QED) is 0.864. The predicted molar refractivity (Wildman–Crippen MR) is 72.0 cm³/mol. The average molecular weight is 246 g/mol. The van der Waals surface area contributed by atoms with Gasteiger partial charge in [0.05, 0.1) is 6.42 Å². The van der Waals surface area contributed by atoms with Gasteiger partial charge in [-0.15, -0.1) is 0 Å². The number of carbonyl (C=O) groups excluding carboxylic acids is 2. The zero-order valence-electron chi connectivity index (χ0n) is 10.8. The summed E-state index contributed by atoms with van der Waals surface area (Å²) in [5.74, 6) is 0.300. The third kappa shape index (κ3) is 2.53. The molecule has 1 heterocycles. The van der Waals surface area contributed by atoms with Gasteiger partial charge < -0.3 is 15.0 Å². The van der Waals surface area contributed by atoms with Crippen LogP contribution in [0.2, 0.25) is 0 Å². The lowest BCUT2D eigenvalue weighted by Crippen LogP contribution is -2.28. The molecule has 0 atom stereocenters. The third-order valence-corrected chi connectivity index (χ3v) is 3.21. The smallest absolute Gasteiger partial charge is 0.231 e. The molecule has 0 radical (unpaired) electrons. The molecule has 0 saturated carbocycles. The van der Waals surface area contributed by atoms with Crippen molar-refractivity contribution in [2.45, 2.75) is 26.2 Å². The fourth-order valence-electron chi connectivity index (χ4n) is 2.27. The summed E-state index contributed by atoms with van der Waals surface area (Å²) in [4.78, 5) is 24.6. The Balaban J connectivity index is 2.10. The van der Waals surface area contributed by atoms with E-state index in [-0.39, 0.29) is 11.7 Å². The molecule has 18 heavy (non-hydrogen) atoms. The molecule has 1 aromatic carbocycles. The summed E-state index contributed by atoms with van der Waals surface area (Å²) < 4.78 is 0. The first-order chi connectivity index (χ1) is 8.61. The van der Waals surface area contributed by atoms with Crippen molar-refractivity contribution in [2.75, 3.05) is 23.8 Å². The molecule has 4 nitrogen and oxygen atoms in total. The molecule has 1 N–H and O–H groups in total. The fraction of sp³-hybridized carbons (Fsp3) is 0.429. The number of ketones is 1. The van der Waals surface area contributed by atoms with E-state index >= 15 is 0 Å². The van der Waals surface area contributed by atoms with Crippen molar-refractivity contribution in [3.8, 4) is 0 Å². The van der Waals surface area contributed by atoms with E-state index in [1.807, 2.05) is 25.2 Å². The summed E-state index contributed by atoms with van der Waals surface area (Å²) in [7, 11) is 1.86. The zero-order chi connectivity index (χ0) is 13.1. The Morgan fingerprint density at radius 1 is 1.44 bits per heavy atom. The Morgan fingerprint density at radius 3 is 2.89 bits per heavy atom. The van der Waals surface area contributed by atoms with Gasteiger partial charge in [-0.1, -0.05) is 0 Å². The predicted octanol–water partition coefficient (Wildman–Crippen LogP) is 1.99. The van der Waals surface area contributed by atoms with Gasteiger partial charge in [-0.05, 0) is 37.1 Å². The second-order valence-corrected chi connectivity index (χ2v) is 4.62. The lowest BCUT2D eigenvalue weighted by molar-refractivity contribution is -0.118. The minimum absolute atomic E-state index is 0.127. The van der Waals surface area contributed by atoms with Crippen LogP contribution in [0.4, 0.5) is 11.4 Å². The normalized spacial score (nSPS) is 13.7. The number of benzene rings is 1. The SMILES string of the molecule is CNc1ccc2c(c1)CC(=O)N2CCCC(C)=O. The van der Waals surface area contributed by atoms with Crippen LogP contribution in [-0.4, -0.2) is 25.3 Å². The zero-order valence-corrected chi connectivity index (χ0v) is 10.8. The molecule has 0 fully saturated rings. The van der Waals surface area contributed by atoms with E-state index in [1.165, 1.54) is 0 Å². The number of amides is 1. The van der Waals surface area contributed by atoms with Gasteiger partial charge in [0, 0.05) is 31.4 Å². The number of carbonyl (C=O) groups is 2. The monoisotopic (exact) mass is 246 g/mol. The number of hydrogen-bond donors (Lipinski definition) is 1. The Kier molecular flexibility index (Phi) is 3.65. The van der Waals surface area contributed by atoms with Gasteiger partial charge in [0.15, 0.2) is 0 Å². The van der Waals surface area contributed by atoms with E-state index in [0.29, 0.717) is 19.4 Å². The van der Waals surface area contributed by atoms with E-state index in [1.54, 1.807) is 11.8 Å². The second-order valence-electron chi connectivity index (χ2n) is 4.62. The van der Waals surface area contributed by atoms with Crippen LogP contribution >= 0.6 is 0 Å². The van der Waals surface area contributed by atoms with Crippen LogP contribution in [0.1, 0.15) is 25.3 Å². The van der Waals surface area contributed by atoms with Crippen molar-refractivity contribution in [1.82, 2.24) is 0 Å². The topological polar surface area (TPSA) is 49.4 Å². The van der Waals surface area contributed by atoms with Crippen molar-refractivity contribution in [3.63, 3.8) is 0 Å². The number of fused-ring (bicyclic) bond motifs is 1. The summed E-state index contributed by atoms with van der Waals surface area (Å²) in [5, 5.41) is 3.07. The van der Waals surface area contributed by atoms with Crippen LogP contribution in [0.25, 0.3) is 0 Å². The van der Waals surface area contributed by atoms with E-state index < -0.39 is 0 Å². The molecule has 0 spiro atoms. The Morgan fingerprint density at radius 2 is 2.22 bits per heavy atom. The lowest BCUT2D eigenvalue weighted by Gasteiger charge is -2.17. The third-order valence-electron chi connectivity index (χ3n) is 3.21. The molecule has 0 bridgehead atoms. The van der Waals surface area contributed by atoms with Crippen LogP contribution in [0.5, 0.6) is 0 Å². The minimum atomic E-state index is 0.127. The average Bonchev–Trinajstić information content (AvgIpc) is 2.64. The number of Topliss-reactive ketones (excluding diaryl/α,β-unsaturated/α-hetero) is 1. The Bertz CT molecular complexity index is 483. The van der Waals surface area contributed by atoms with Crippen LogP contribution in [0.15, 0.2) is 18.2 Å². The summed E-state index contributed by atoms with van der Waals surface area (Å²) in [6.07, 6.45) is 1.73. The fourth-order valence-corrected chi connectivity index (χ4v) is 2.27. The van der Waals surface area contributed by atoms with Gasteiger partial charge in [0.25, 0.3) is 0 Å². The maximum Gasteiger partial charge on any atom is 0.231 e. The maximum absolute atomic E-state index is 11.9. The number of anilines is 2. The van der Waals surface area contributed by atoms with Crippen molar-refractivity contribution in [2.24, 2.45) is 0 Å². The molecule has 1 aliphatic heterocycles. The molecule has 1 amide bonds. The van der Waals surface area contributed by atoms with E-state index in [0.717, 1.165) is 23.4 Å². The molecule has 96 valence electrons. The molecule has 1 aliphatic rings. The van der Waals surface area contributed by atoms with Crippen molar-refractivity contribution < 1.29 is 9.59 Å². The highest BCUT2D eigenvalue weighted by Gasteiger charge is 2.26. The maximum atomic E-state index is 11.9. The first-order valence-corrected chi connectivity index (χ1v) is 6.22.